The Morgan fingerprint density at radius 3 is 2.65 bits per heavy atom. The minimum atomic E-state index is -0.601. The molecule has 0 fully saturated rings. The quantitative estimate of drug-likeness (QED) is 0.609. The van der Waals surface area contributed by atoms with Gasteiger partial charge in [0.1, 0.15) is 0 Å². The van der Waals surface area contributed by atoms with E-state index >= 15 is 0 Å². The molecule has 0 aliphatic carbocycles. The van der Waals surface area contributed by atoms with Crippen LogP contribution in [0.2, 0.25) is 0 Å². The first kappa shape index (κ1) is 11.1. The average Bonchev–Trinajstić information content (AvgIpc) is 2.33. The summed E-state index contributed by atoms with van der Waals surface area (Å²) in [5, 5.41) is 13.2. The highest BCUT2D eigenvalue weighted by molar-refractivity contribution is 5.82. The van der Waals surface area contributed by atoms with E-state index in [-0.39, 0.29) is 16.5 Å². The van der Waals surface area contributed by atoms with Crippen molar-refractivity contribution in [2.45, 2.75) is 13.5 Å². The van der Waals surface area contributed by atoms with Crippen LogP contribution in [0.25, 0.3) is 10.8 Å². The lowest BCUT2D eigenvalue weighted by atomic mass is 10.2. The number of aryl methyl sites for hydroxylation is 1. The molecule has 1 heterocycles. The first-order chi connectivity index (χ1) is 8.04. The van der Waals surface area contributed by atoms with Gasteiger partial charge in [0.05, 0.1) is 15.7 Å². The lowest BCUT2D eigenvalue weighted by Crippen LogP contribution is -2.29. The van der Waals surface area contributed by atoms with Crippen LogP contribution >= 0.6 is 0 Å². The standard InChI is InChI=1S/C10H9N3O4/c1-2-12-10(15)8-5-6(13(16)17)3-4-7(8)9(14)11-12/h3-5H,2H2,1H3,(H,11,14). The summed E-state index contributed by atoms with van der Waals surface area (Å²) in [4.78, 5) is 33.5. The summed E-state index contributed by atoms with van der Waals surface area (Å²) in [5.74, 6) is 0. The Morgan fingerprint density at radius 2 is 2.06 bits per heavy atom. The lowest BCUT2D eigenvalue weighted by molar-refractivity contribution is -0.384. The molecule has 0 saturated heterocycles. The number of H-pyrrole nitrogens is 1. The van der Waals surface area contributed by atoms with Crippen molar-refractivity contribution < 1.29 is 4.92 Å². The Balaban J connectivity index is 2.93. The fourth-order valence-electron chi connectivity index (χ4n) is 1.62. The molecular formula is C10H9N3O4. The number of aromatic nitrogens is 2. The van der Waals surface area contributed by atoms with Crippen LogP contribution < -0.4 is 11.1 Å². The first-order valence-electron chi connectivity index (χ1n) is 4.96. The second kappa shape index (κ2) is 3.85. The number of rotatable bonds is 2. The molecule has 2 aromatic rings. The molecule has 0 amide bonds. The highest BCUT2D eigenvalue weighted by Crippen LogP contribution is 2.15. The van der Waals surface area contributed by atoms with E-state index in [1.54, 1.807) is 6.92 Å². The zero-order valence-electron chi connectivity index (χ0n) is 8.97. The number of hydrogen-bond donors (Lipinski definition) is 1. The van der Waals surface area contributed by atoms with E-state index in [4.69, 9.17) is 0 Å². The van der Waals surface area contributed by atoms with Crippen molar-refractivity contribution in [3.8, 4) is 0 Å². The molecule has 0 saturated carbocycles. The van der Waals surface area contributed by atoms with Crippen LogP contribution in [0.15, 0.2) is 27.8 Å². The maximum absolute atomic E-state index is 11.9. The number of hydrogen-bond acceptors (Lipinski definition) is 4. The van der Waals surface area contributed by atoms with Crippen molar-refractivity contribution in [2.24, 2.45) is 0 Å². The van der Waals surface area contributed by atoms with Crippen LogP contribution in [0.1, 0.15) is 6.92 Å². The van der Waals surface area contributed by atoms with Crippen molar-refractivity contribution >= 4 is 16.5 Å². The summed E-state index contributed by atoms with van der Waals surface area (Å²) in [6.07, 6.45) is 0. The van der Waals surface area contributed by atoms with Crippen LogP contribution in [0.5, 0.6) is 0 Å². The lowest BCUT2D eigenvalue weighted by Gasteiger charge is -2.03. The van der Waals surface area contributed by atoms with Gasteiger partial charge < -0.3 is 0 Å². The molecule has 0 bridgehead atoms. The van der Waals surface area contributed by atoms with E-state index in [1.807, 2.05) is 0 Å². The van der Waals surface area contributed by atoms with E-state index < -0.39 is 16.0 Å². The van der Waals surface area contributed by atoms with E-state index in [9.17, 15) is 19.7 Å². The van der Waals surface area contributed by atoms with Crippen molar-refractivity contribution in [1.29, 1.82) is 0 Å². The minimum Gasteiger partial charge on any atom is -0.267 e. The third-order valence-electron chi connectivity index (χ3n) is 2.49. The number of aromatic amines is 1. The molecule has 0 unspecified atom stereocenters. The Hall–Kier alpha value is -2.44. The van der Waals surface area contributed by atoms with Gasteiger partial charge in [-0.3, -0.25) is 24.8 Å². The SMILES string of the molecule is CCn1[nH]c(=O)c2ccc([N+](=O)[O-])cc2c1=O. The minimum absolute atomic E-state index is 0.0600. The number of nitrogens with zero attached hydrogens (tertiary/aromatic N) is 2. The van der Waals surface area contributed by atoms with Crippen LogP contribution in [-0.2, 0) is 6.54 Å². The van der Waals surface area contributed by atoms with Gasteiger partial charge in [0, 0.05) is 18.7 Å². The molecule has 1 aromatic carbocycles. The average molecular weight is 235 g/mol. The zero-order valence-corrected chi connectivity index (χ0v) is 8.97. The smallest absolute Gasteiger partial charge is 0.267 e. The number of benzene rings is 1. The van der Waals surface area contributed by atoms with Gasteiger partial charge in [0.2, 0.25) is 0 Å². The molecule has 88 valence electrons. The number of nitrogens with one attached hydrogen (secondary N) is 1. The summed E-state index contributed by atoms with van der Waals surface area (Å²) in [6.45, 7) is 1.99. The normalized spacial score (nSPS) is 10.6. The second-order valence-corrected chi connectivity index (χ2v) is 3.48. The highest BCUT2D eigenvalue weighted by atomic mass is 16.6. The summed E-state index contributed by atoms with van der Waals surface area (Å²) in [7, 11) is 0. The Bertz CT molecular complexity index is 714. The van der Waals surface area contributed by atoms with Gasteiger partial charge >= 0.3 is 0 Å². The molecule has 0 atom stereocenters. The van der Waals surface area contributed by atoms with Gasteiger partial charge in [0.15, 0.2) is 0 Å². The maximum atomic E-state index is 11.9. The van der Waals surface area contributed by atoms with E-state index in [1.165, 1.54) is 12.1 Å². The molecule has 7 heteroatoms. The van der Waals surface area contributed by atoms with Crippen molar-refractivity contribution in [3.63, 3.8) is 0 Å². The third-order valence-corrected chi connectivity index (χ3v) is 2.49. The number of non-ortho nitro benzene ring substituents is 1. The Kier molecular flexibility index (Phi) is 2.51. The van der Waals surface area contributed by atoms with Gasteiger partial charge in [-0.15, -0.1) is 0 Å². The maximum Gasteiger partial charge on any atom is 0.273 e. The van der Waals surface area contributed by atoms with Crippen molar-refractivity contribution in [1.82, 2.24) is 9.78 Å². The number of fused-ring (bicyclic) bond motifs is 1. The number of nitro groups is 1. The summed E-state index contributed by atoms with van der Waals surface area (Å²) < 4.78 is 1.12. The van der Waals surface area contributed by atoms with E-state index in [0.29, 0.717) is 6.54 Å². The molecule has 0 aliphatic rings. The Labute approximate surface area is 94.4 Å². The molecule has 1 N–H and O–H groups in total. The predicted molar refractivity (Wildman–Crippen MR) is 61.2 cm³/mol. The molecule has 0 radical (unpaired) electrons. The van der Waals surface area contributed by atoms with Crippen molar-refractivity contribution in [2.75, 3.05) is 0 Å². The van der Waals surface area contributed by atoms with Crippen LogP contribution in [-0.4, -0.2) is 14.7 Å². The highest BCUT2D eigenvalue weighted by Gasteiger charge is 2.11. The molecule has 7 nitrogen and oxygen atoms in total. The molecule has 2 rings (SSSR count). The van der Waals surface area contributed by atoms with Gasteiger partial charge in [-0.2, -0.15) is 0 Å². The summed E-state index contributed by atoms with van der Waals surface area (Å²) >= 11 is 0. The van der Waals surface area contributed by atoms with Crippen LogP contribution in [0, 0.1) is 10.1 Å². The largest absolute Gasteiger partial charge is 0.273 e. The van der Waals surface area contributed by atoms with Gasteiger partial charge in [-0.1, -0.05) is 0 Å². The van der Waals surface area contributed by atoms with Gasteiger partial charge in [-0.05, 0) is 13.0 Å². The van der Waals surface area contributed by atoms with Gasteiger partial charge in [-0.25, -0.2) is 4.68 Å². The monoisotopic (exact) mass is 235 g/mol. The Morgan fingerprint density at radius 1 is 1.35 bits per heavy atom. The molecule has 0 aliphatic heterocycles. The summed E-state index contributed by atoms with van der Waals surface area (Å²) in [5.41, 5.74) is -1.08. The molecule has 0 spiro atoms. The molecule has 17 heavy (non-hydrogen) atoms. The fraction of sp³-hybridized carbons (Fsp3) is 0.200. The van der Waals surface area contributed by atoms with Crippen LogP contribution in [0.3, 0.4) is 0 Å². The third kappa shape index (κ3) is 1.71. The topological polar surface area (TPSA) is 98.0 Å². The first-order valence-corrected chi connectivity index (χ1v) is 4.96. The van der Waals surface area contributed by atoms with Crippen LogP contribution in [0.4, 0.5) is 5.69 Å². The fourth-order valence-corrected chi connectivity index (χ4v) is 1.62. The zero-order chi connectivity index (χ0) is 12.6. The van der Waals surface area contributed by atoms with E-state index in [2.05, 4.69) is 5.10 Å². The summed E-state index contributed by atoms with van der Waals surface area (Å²) in [6, 6.07) is 3.61. The predicted octanol–water partition coefficient (Wildman–Crippen LogP) is 0.618. The van der Waals surface area contributed by atoms with Crippen molar-refractivity contribution in [3.05, 3.63) is 49.0 Å². The van der Waals surface area contributed by atoms with Gasteiger partial charge in [0.25, 0.3) is 16.8 Å². The van der Waals surface area contributed by atoms with E-state index in [0.717, 1.165) is 10.7 Å². The second-order valence-electron chi connectivity index (χ2n) is 3.48. The number of nitro benzene ring substituents is 1. The molecule has 1 aromatic heterocycles. The molecular weight excluding hydrogens is 226 g/mol.